The fourth-order valence-corrected chi connectivity index (χ4v) is 1.97. The van der Waals surface area contributed by atoms with Crippen LogP contribution in [0.4, 0.5) is 0 Å². The van der Waals surface area contributed by atoms with Gasteiger partial charge in [-0.15, -0.1) is 0 Å². The largest absolute Gasteiger partial charge is 0.467 e. The molecule has 1 aliphatic rings. The van der Waals surface area contributed by atoms with Gasteiger partial charge in [0.05, 0.1) is 12.8 Å². The Balaban J connectivity index is 2.29. The van der Waals surface area contributed by atoms with Crippen molar-refractivity contribution in [2.75, 3.05) is 7.11 Å². The first kappa shape index (κ1) is 10.9. The van der Waals surface area contributed by atoms with Crippen LogP contribution in [-0.2, 0) is 9.53 Å². The van der Waals surface area contributed by atoms with E-state index in [0.717, 1.165) is 11.3 Å². The summed E-state index contributed by atoms with van der Waals surface area (Å²) in [5, 5.41) is 0. The van der Waals surface area contributed by atoms with Crippen molar-refractivity contribution in [3.05, 3.63) is 35.9 Å². The molecular weight excluding hydrogens is 202 g/mol. The average molecular weight is 217 g/mol. The van der Waals surface area contributed by atoms with Gasteiger partial charge in [0.25, 0.3) is 0 Å². The number of esters is 1. The molecule has 1 atom stereocenters. The third-order valence-electron chi connectivity index (χ3n) is 2.98. The molecule has 0 amide bonds. The number of carbonyl (C=O) groups excluding carboxylic acids is 1. The number of hydrogen-bond acceptors (Lipinski definition) is 3. The van der Waals surface area contributed by atoms with Crippen LogP contribution in [0.3, 0.4) is 0 Å². The van der Waals surface area contributed by atoms with Crippen molar-refractivity contribution in [2.24, 2.45) is 10.9 Å². The summed E-state index contributed by atoms with van der Waals surface area (Å²) < 4.78 is 4.84. The normalized spacial score (nSPS) is 22.9. The highest BCUT2D eigenvalue weighted by Gasteiger charge is 2.57. The van der Waals surface area contributed by atoms with Crippen LogP contribution >= 0.6 is 0 Å². The van der Waals surface area contributed by atoms with Gasteiger partial charge in [-0.3, -0.25) is 4.99 Å². The molecule has 2 rings (SSSR count). The first-order chi connectivity index (χ1) is 7.63. The molecule has 1 unspecified atom stereocenters. The summed E-state index contributed by atoms with van der Waals surface area (Å²) in [7, 11) is 1.41. The molecule has 0 N–H and O–H groups in total. The van der Waals surface area contributed by atoms with Gasteiger partial charge in [0.1, 0.15) is 0 Å². The second-order valence-corrected chi connectivity index (χ2v) is 4.24. The molecule has 1 aromatic rings. The van der Waals surface area contributed by atoms with E-state index in [1.54, 1.807) is 0 Å². The summed E-state index contributed by atoms with van der Waals surface area (Å²) in [6.45, 7) is 3.96. The van der Waals surface area contributed by atoms with Gasteiger partial charge in [0.2, 0.25) is 5.54 Å². The molecule has 0 bridgehead atoms. The van der Waals surface area contributed by atoms with E-state index in [1.165, 1.54) is 7.11 Å². The van der Waals surface area contributed by atoms with Gasteiger partial charge in [-0.1, -0.05) is 44.2 Å². The Morgan fingerprint density at radius 3 is 2.44 bits per heavy atom. The van der Waals surface area contributed by atoms with E-state index in [1.807, 2.05) is 44.2 Å². The molecule has 1 aromatic carbocycles. The molecule has 1 aliphatic heterocycles. The van der Waals surface area contributed by atoms with Crippen molar-refractivity contribution in [1.82, 2.24) is 0 Å². The van der Waals surface area contributed by atoms with Gasteiger partial charge in [-0.25, -0.2) is 4.79 Å². The van der Waals surface area contributed by atoms with Crippen LogP contribution in [0.1, 0.15) is 19.4 Å². The van der Waals surface area contributed by atoms with Crippen molar-refractivity contribution in [2.45, 2.75) is 19.4 Å². The zero-order valence-electron chi connectivity index (χ0n) is 9.73. The number of nitrogens with zero attached hydrogens (tertiary/aromatic N) is 1. The van der Waals surface area contributed by atoms with E-state index >= 15 is 0 Å². The average Bonchev–Trinajstić information content (AvgIpc) is 3.06. The summed E-state index contributed by atoms with van der Waals surface area (Å²) in [5.74, 6) is -0.142. The van der Waals surface area contributed by atoms with Crippen molar-refractivity contribution in [3.63, 3.8) is 0 Å². The van der Waals surface area contributed by atoms with Gasteiger partial charge in [-0.2, -0.15) is 0 Å². The number of hydrogen-bond donors (Lipinski definition) is 0. The lowest BCUT2D eigenvalue weighted by Gasteiger charge is -2.16. The van der Waals surface area contributed by atoms with Crippen molar-refractivity contribution < 1.29 is 9.53 Å². The highest BCUT2D eigenvalue weighted by atomic mass is 16.5. The molecule has 0 fully saturated rings. The van der Waals surface area contributed by atoms with Crippen LogP contribution in [0.25, 0.3) is 0 Å². The van der Waals surface area contributed by atoms with Crippen LogP contribution in [-0.4, -0.2) is 24.3 Å². The Morgan fingerprint density at radius 2 is 1.94 bits per heavy atom. The Morgan fingerprint density at radius 1 is 1.31 bits per heavy atom. The SMILES string of the molecule is COC(=O)C1(C(C)C)N=C1c1ccccc1. The van der Waals surface area contributed by atoms with Crippen LogP contribution in [0, 0.1) is 5.92 Å². The molecule has 3 nitrogen and oxygen atoms in total. The number of ether oxygens (including phenoxy) is 1. The van der Waals surface area contributed by atoms with E-state index in [9.17, 15) is 4.79 Å². The third-order valence-corrected chi connectivity index (χ3v) is 2.98. The topological polar surface area (TPSA) is 38.7 Å². The lowest BCUT2D eigenvalue weighted by atomic mass is 9.87. The van der Waals surface area contributed by atoms with Crippen LogP contribution in [0.5, 0.6) is 0 Å². The first-order valence-corrected chi connectivity index (χ1v) is 5.37. The summed E-state index contributed by atoms with van der Waals surface area (Å²) in [6, 6.07) is 9.76. The van der Waals surface area contributed by atoms with Gasteiger partial charge in [0.15, 0.2) is 0 Å². The Kier molecular flexibility index (Phi) is 2.54. The zero-order valence-corrected chi connectivity index (χ0v) is 9.73. The van der Waals surface area contributed by atoms with E-state index in [-0.39, 0.29) is 11.9 Å². The number of aliphatic imine (C=N–C) groups is 1. The van der Waals surface area contributed by atoms with Crippen molar-refractivity contribution in [3.8, 4) is 0 Å². The van der Waals surface area contributed by atoms with Gasteiger partial charge >= 0.3 is 5.97 Å². The van der Waals surface area contributed by atoms with E-state index in [4.69, 9.17) is 4.74 Å². The fourth-order valence-electron chi connectivity index (χ4n) is 1.97. The Bertz CT molecular complexity index is 437. The van der Waals surface area contributed by atoms with Gasteiger partial charge in [-0.05, 0) is 11.5 Å². The first-order valence-electron chi connectivity index (χ1n) is 5.37. The third kappa shape index (κ3) is 1.43. The molecule has 0 radical (unpaired) electrons. The number of benzene rings is 1. The monoisotopic (exact) mass is 217 g/mol. The highest BCUT2D eigenvalue weighted by Crippen LogP contribution is 2.40. The minimum Gasteiger partial charge on any atom is -0.467 e. The molecule has 0 spiro atoms. The van der Waals surface area contributed by atoms with Crippen LogP contribution in [0.15, 0.2) is 35.3 Å². The lowest BCUT2D eigenvalue weighted by Crippen LogP contribution is -2.37. The van der Waals surface area contributed by atoms with E-state index in [0.29, 0.717) is 0 Å². The lowest BCUT2D eigenvalue weighted by molar-refractivity contribution is -0.144. The second kappa shape index (κ2) is 3.74. The van der Waals surface area contributed by atoms with Crippen LogP contribution in [0.2, 0.25) is 0 Å². The molecule has 84 valence electrons. The molecule has 3 heteroatoms. The second-order valence-electron chi connectivity index (χ2n) is 4.24. The predicted octanol–water partition coefficient (Wildman–Crippen LogP) is 2.06. The summed E-state index contributed by atoms with van der Waals surface area (Å²) in [4.78, 5) is 16.2. The van der Waals surface area contributed by atoms with E-state index in [2.05, 4.69) is 4.99 Å². The maximum atomic E-state index is 11.8. The highest BCUT2D eigenvalue weighted by molar-refractivity contribution is 6.29. The molecule has 0 aliphatic carbocycles. The maximum absolute atomic E-state index is 11.8. The smallest absolute Gasteiger partial charge is 0.340 e. The summed E-state index contributed by atoms with van der Waals surface area (Å²) in [6.07, 6.45) is 0. The number of methoxy groups -OCH3 is 1. The summed E-state index contributed by atoms with van der Waals surface area (Å²) >= 11 is 0. The quantitative estimate of drug-likeness (QED) is 0.727. The zero-order chi connectivity index (χ0) is 11.8. The predicted molar refractivity (Wildman–Crippen MR) is 62.6 cm³/mol. The Labute approximate surface area is 95.2 Å². The minimum atomic E-state index is -0.740. The van der Waals surface area contributed by atoms with Crippen molar-refractivity contribution in [1.29, 1.82) is 0 Å². The van der Waals surface area contributed by atoms with Gasteiger partial charge < -0.3 is 4.74 Å². The molecule has 0 saturated carbocycles. The molecule has 0 aromatic heterocycles. The maximum Gasteiger partial charge on any atom is 0.340 e. The number of carbonyl (C=O) groups is 1. The standard InChI is InChI=1S/C13H15NO2/c1-9(2)13(12(15)16-3)11(14-13)10-7-5-4-6-8-10/h4-9H,1-3H3. The minimum absolute atomic E-state index is 0.121. The van der Waals surface area contributed by atoms with E-state index < -0.39 is 5.54 Å². The number of rotatable bonds is 3. The molecule has 16 heavy (non-hydrogen) atoms. The van der Waals surface area contributed by atoms with Crippen molar-refractivity contribution >= 4 is 11.7 Å². The molecule has 0 saturated heterocycles. The van der Waals surface area contributed by atoms with Gasteiger partial charge in [0, 0.05) is 0 Å². The fraction of sp³-hybridized carbons (Fsp3) is 0.385. The molecule has 1 heterocycles. The molecular formula is C13H15NO2. The Hall–Kier alpha value is -1.64. The van der Waals surface area contributed by atoms with Crippen LogP contribution < -0.4 is 0 Å². The summed E-state index contributed by atoms with van der Waals surface area (Å²) in [5.41, 5.74) is 1.10.